The SMILES string of the molecule is C=CCOC(=O)C(C)(C)OCCC(C)(C)OC(=O)OC1COC2C(OC(=O)OC(C)(C)CCOC(C)(C)C(=O)OCC=C)COC12. The van der Waals surface area contributed by atoms with Crippen molar-refractivity contribution in [3.05, 3.63) is 25.3 Å². The van der Waals surface area contributed by atoms with Crippen LogP contribution >= 0.6 is 0 Å². The molecule has 4 unspecified atom stereocenters. The Kier molecular flexibility index (Phi) is 14.0. The zero-order valence-electron chi connectivity index (χ0n) is 28.3. The molecule has 2 fully saturated rings. The third-order valence-corrected chi connectivity index (χ3v) is 7.16. The van der Waals surface area contributed by atoms with E-state index in [0.717, 1.165) is 0 Å². The second kappa shape index (κ2) is 16.6. The van der Waals surface area contributed by atoms with Crippen LogP contribution in [0.15, 0.2) is 25.3 Å². The van der Waals surface area contributed by atoms with Crippen LogP contribution in [0.5, 0.6) is 0 Å². The van der Waals surface area contributed by atoms with E-state index in [4.69, 9.17) is 47.4 Å². The van der Waals surface area contributed by atoms with Crippen molar-refractivity contribution in [2.45, 2.75) is 115 Å². The monoisotopic (exact) mass is 658 g/mol. The lowest BCUT2D eigenvalue weighted by Crippen LogP contribution is -2.40. The molecular weight excluding hydrogens is 608 g/mol. The fourth-order valence-corrected chi connectivity index (χ4v) is 4.32. The molecule has 14 heteroatoms. The van der Waals surface area contributed by atoms with Gasteiger partial charge in [-0.2, -0.15) is 0 Å². The molecule has 2 heterocycles. The van der Waals surface area contributed by atoms with Crippen molar-refractivity contribution >= 4 is 24.2 Å². The Balaban J connectivity index is 1.77. The van der Waals surface area contributed by atoms with Gasteiger partial charge in [-0.3, -0.25) is 0 Å². The van der Waals surface area contributed by atoms with Crippen LogP contribution < -0.4 is 0 Å². The molecule has 262 valence electrons. The van der Waals surface area contributed by atoms with Crippen LogP contribution in [0.4, 0.5) is 9.59 Å². The predicted octanol–water partition coefficient (Wildman–Crippen LogP) is 4.21. The maximum absolute atomic E-state index is 12.6. The number of hydrogen-bond donors (Lipinski definition) is 0. The second-order valence-electron chi connectivity index (χ2n) is 13.1. The van der Waals surface area contributed by atoms with Crippen molar-refractivity contribution in [3.8, 4) is 0 Å². The van der Waals surface area contributed by atoms with Gasteiger partial charge in [-0.1, -0.05) is 25.3 Å². The normalized spacial score (nSPS) is 21.5. The highest BCUT2D eigenvalue weighted by Crippen LogP contribution is 2.32. The highest BCUT2D eigenvalue weighted by molar-refractivity contribution is 5.79. The first-order valence-corrected chi connectivity index (χ1v) is 15.2. The van der Waals surface area contributed by atoms with Gasteiger partial charge in [0.05, 0.1) is 26.4 Å². The molecule has 0 aromatic carbocycles. The minimum Gasteiger partial charge on any atom is -0.459 e. The van der Waals surface area contributed by atoms with E-state index in [1.54, 1.807) is 55.4 Å². The molecule has 2 rings (SSSR count). The summed E-state index contributed by atoms with van der Waals surface area (Å²) >= 11 is 0. The minimum atomic E-state index is -1.19. The van der Waals surface area contributed by atoms with Gasteiger partial charge in [0.2, 0.25) is 0 Å². The number of fused-ring (bicyclic) bond motifs is 1. The highest BCUT2D eigenvalue weighted by atomic mass is 16.8. The quantitative estimate of drug-likeness (QED) is 0.117. The molecule has 4 atom stereocenters. The summed E-state index contributed by atoms with van der Waals surface area (Å²) in [6.45, 7) is 20.5. The number of carbonyl (C=O) groups excluding carboxylic acids is 4. The fraction of sp³-hybridized carbons (Fsp3) is 0.750. The lowest BCUT2D eigenvalue weighted by atomic mass is 10.1. The Morgan fingerprint density at radius 3 is 1.33 bits per heavy atom. The molecule has 0 N–H and O–H groups in total. The lowest BCUT2D eigenvalue weighted by Gasteiger charge is -2.28. The van der Waals surface area contributed by atoms with Gasteiger partial charge < -0.3 is 47.4 Å². The average Bonchev–Trinajstić information content (AvgIpc) is 3.51. The number of ether oxygens (including phenoxy) is 10. The van der Waals surface area contributed by atoms with Crippen LogP contribution in [0, 0.1) is 0 Å². The van der Waals surface area contributed by atoms with Gasteiger partial charge in [0, 0.05) is 12.8 Å². The Morgan fingerprint density at radius 1 is 0.652 bits per heavy atom. The van der Waals surface area contributed by atoms with Crippen molar-refractivity contribution in [2.24, 2.45) is 0 Å². The molecule has 2 aliphatic rings. The molecule has 0 aliphatic carbocycles. The van der Waals surface area contributed by atoms with E-state index in [1.807, 2.05) is 0 Å². The summed E-state index contributed by atoms with van der Waals surface area (Å²) in [6, 6.07) is 0. The van der Waals surface area contributed by atoms with Crippen molar-refractivity contribution in [2.75, 3.05) is 39.6 Å². The average molecular weight is 659 g/mol. The maximum Gasteiger partial charge on any atom is 0.509 e. The third-order valence-electron chi connectivity index (χ3n) is 7.16. The van der Waals surface area contributed by atoms with E-state index in [2.05, 4.69) is 13.2 Å². The van der Waals surface area contributed by atoms with Gasteiger partial charge in [0.25, 0.3) is 0 Å². The van der Waals surface area contributed by atoms with Crippen LogP contribution in [0.25, 0.3) is 0 Å². The minimum absolute atomic E-state index is 0.0116. The van der Waals surface area contributed by atoms with Crippen molar-refractivity contribution in [3.63, 3.8) is 0 Å². The molecule has 2 saturated heterocycles. The van der Waals surface area contributed by atoms with Crippen LogP contribution in [0.2, 0.25) is 0 Å². The van der Waals surface area contributed by atoms with Crippen molar-refractivity contribution < 1.29 is 66.5 Å². The van der Waals surface area contributed by atoms with Gasteiger partial charge in [-0.15, -0.1) is 0 Å². The van der Waals surface area contributed by atoms with Gasteiger partial charge in [0.15, 0.2) is 23.4 Å². The third kappa shape index (κ3) is 12.2. The van der Waals surface area contributed by atoms with E-state index in [0.29, 0.717) is 0 Å². The molecule has 0 aromatic rings. The first-order chi connectivity index (χ1) is 21.3. The summed E-state index contributed by atoms with van der Waals surface area (Å²) < 4.78 is 54.8. The predicted molar refractivity (Wildman–Crippen MR) is 162 cm³/mol. The topological polar surface area (TPSA) is 161 Å². The first kappa shape index (κ1) is 39.0. The molecule has 0 spiro atoms. The summed E-state index contributed by atoms with van der Waals surface area (Å²) in [4.78, 5) is 49.5. The Labute approximate surface area is 270 Å². The van der Waals surface area contributed by atoms with Gasteiger partial charge in [-0.05, 0) is 55.4 Å². The summed E-state index contributed by atoms with van der Waals surface area (Å²) in [5.74, 6) is -1.07. The molecular formula is C32H50O14. The van der Waals surface area contributed by atoms with Crippen molar-refractivity contribution in [1.82, 2.24) is 0 Å². The standard InChI is InChI=1S/C32H50O14/c1-11-15-37-25(33)31(7,8)41-17-13-29(3,4)45-27(35)43-21-19-39-24-22(20-40-23(21)24)44-28(36)46-30(5,6)14-18-42-32(9,10)26(34)38-16-12-2/h11-12,21-24H,1-2,13-20H2,3-10H3. The number of carbonyl (C=O) groups is 4. The molecule has 0 saturated carbocycles. The largest absolute Gasteiger partial charge is 0.509 e. The Morgan fingerprint density at radius 2 is 1.00 bits per heavy atom. The highest BCUT2D eigenvalue weighted by Gasteiger charge is 2.52. The maximum atomic E-state index is 12.6. The number of rotatable bonds is 18. The Bertz CT molecular complexity index is 995. The van der Waals surface area contributed by atoms with E-state index in [-0.39, 0.29) is 52.5 Å². The summed E-state index contributed by atoms with van der Waals surface area (Å²) in [5.41, 5.74) is -4.34. The number of esters is 2. The van der Waals surface area contributed by atoms with Crippen LogP contribution in [0.1, 0.15) is 68.2 Å². The zero-order valence-corrected chi connectivity index (χ0v) is 28.3. The van der Waals surface area contributed by atoms with Gasteiger partial charge >= 0.3 is 24.2 Å². The van der Waals surface area contributed by atoms with E-state index in [1.165, 1.54) is 12.2 Å². The zero-order chi connectivity index (χ0) is 34.8. The molecule has 0 amide bonds. The molecule has 14 nitrogen and oxygen atoms in total. The molecule has 0 bridgehead atoms. The smallest absolute Gasteiger partial charge is 0.459 e. The molecule has 2 aliphatic heterocycles. The molecule has 46 heavy (non-hydrogen) atoms. The summed E-state index contributed by atoms with van der Waals surface area (Å²) in [5, 5.41) is 0. The van der Waals surface area contributed by atoms with E-state index in [9.17, 15) is 19.2 Å². The molecule has 0 aromatic heterocycles. The van der Waals surface area contributed by atoms with Crippen LogP contribution in [-0.4, -0.2) is 111 Å². The summed E-state index contributed by atoms with van der Waals surface area (Å²) in [7, 11) is 0. The lowest BCUT2D eigenvalue weighted by molar-refractivity contribution is -0.169. The fourth-order valence-electron chi connectivity index (χ4n) is 4.32. The Hall–Kier alpha value is -3.20. The van der Waals surface area contributed by atoms with E-state index >= 15 is 0 Å². The summed E-state index contributed by atoms with van der Waals surface area (Å²) in [6.07, 6.45) is -1.34. The first-order valence-electron chi connectivity index (χ1n) is 15.2. The van der Waals surface area contributed by atoms with Crippen molar-refractivity contribution in [1.29, 1.82) is 0 Å². The van der Waals surface area contributed by atoms with Gasteiger partial charge in [-0.25, -0.2) is 19.2 Å². The molecule has 0 radical (unpaired) electrons. The van der Waals surface area contributed by atoms with Gasteiger partial charge in [0.1, 0.15) is 36.6 Å². The van der Waals surface area contributed by atoms with Crippen LogP contribution in [0.3, 0.4) is 0 Å². The number of hydrogen-bond acceptors (Lipinski definition) is 14. The van der Waals surface area contributed by atoms with Crippen LogP contribution in [-0.2, 0) is 57.0 Å². The van der Waals surface area contributed by atoms with E-state index < -0.39 is 71.1 Å². The second-order valence-corrected chi connectivity index (χ2v) is 13.1.